The SMILES string of the molecule is Cn1cc(-n2ncc3ccc(O[C@@H]4CCCc5cc(C#N)c(Cl)nc54)cc32)cn1. The summed E-state index contributed by atoms with van der Waals surface area (Å²) < 4.78 is 9.91. The number of halogens is 1. The maximum Gasteiger partial charge on any atom is 0.147 e. The minimum atomic E-state index is -0.198. The number of benzene rings is 1. The van der Waals surface area contributed by atoms with Gasteiger partial charge in [0.05, 0.1) is 35.4 Å². The normalized spacial score (nSPS) is 15.8. The number of hydrogen-bond donors (Lipinski definition) is 0. The molecule has 0 unspecified atom stereocenters. The van der Waals surface area contributed by atoms with Crippen LogP contribution in [0.2, 0.25) is 5.15 Å². The number of hydrogen-bond acceptors (Lipinski definition) is 5. The fourth-order valence-electron chi connectivity index (χ4n) is 3.79. The Morgan fingerprint density at radius 3 is 2.93 bits per heavy atom. The summed E-state index contributed by atoms with van der Waals surface area (Å²) in [5.74, 6) is 0.739. The van der Waals surface area contributed by atoms with Crippen molar-refractivity contribution in [2.75, 3.05) is 0 Å². The van der Waals surface area contributed by atoms with E-state index in [-0.39, 0.29) is 11.3 Å². The highest BCUT2D eigenvalue weighted by atomic mass is 35.5. The lowest BCUT2D eigenvalue weighted by atomic mass is 9.92. The highest BCUT2D eigenvalue weighted by Gasteiger charge is 2.25. The molecule has 1 aliphatic rings. The summed E-state index contributed by atoms with van der Waals surface area (Å²) in [5.41, 5.74) is 4.09. The molecule has 0 radical (unpaired) electrons. The Bertz CT molecular complexity index is 1270. The molecule has 7 nitrogen and oxygen atoms in total. The minimum absolute atomic E-state index is 0.198. The van der Waals surface area contributed by atoms with Crippen molar-refractivity contribution in [3.8, 4) is 17.5 Å². The number of aromatic nitrogens is 5. The maximum absolute atomic E-state index is 9.20. The van der Waals surface area contributed by atoms with Crippen LogP contribution < -0.4 is 4.74 Å². The number of aryl methyl sites for hydroxylation is 2. The van der Waals surface area contributed by atoms with Gasteiger partial charge in [0.25, 0.3) is 0 Å². The van der Waals surface area contributed by atoms with Gasteiger partial charge in [-0.15, -0.1) is 0 Å². The van der Waals surface area contributed by atoms with Gasteiger partial charge in [0.1, 0.15) is 28.8 Å². The van der Waals surface area contributed by atoms with Crippen LogP contribution in [0.15, 0.2) is 42.9 Å². The molecule has 0 N–H and O–H groups in total. The van der Waals surface area contributed by atoms with Crippen LogP contribution >= 0.6 is 11.6 Å². The first-order valence-corrected chi connectivity index (χ1v) is 9.73. The number of pyridine rings is 1. The molecule has 1 atom stereocenters. The van der Waals surface area contributed by atoms with E-state index in [0.29, 0.717) is 5.56 Å². The lowest BCUT2D eigenvalue weighted by molar-refractivity contribution is 0.178. The van der Waals surface area contributed by atoms with E-state index in [2.05, 4.69) is 21.3 Å². The minimum Gasteiger partial charge on any atom is -0.484 e. The molecule has 4 aromatic rings. The number of nitrogens with zero attached hydrogens (tertiary/aromatic N) is 6. The predicted octanol–water partition coefficient (Wildman–Crippen LogP) is 4.14. The van der Waals surface area contributed by atoms with Gasteiger partial charge in [0.2, 0.25) is 0 Å². The summed E-state index contributed by atoms with van der Waals surface area (Å²) in [4.78, 5) is 4.47. The molecule has 3 heterocycles. The van der Waals surface area contributed by atoms with Crippen LogP contribution in [-0.2, 0) is 13.5 Å². The molecule has 8 heteroatoms. The molecule has 0 amide bonds. The van der Waals surface area contributed by atoms with Gasteiger partial charge in [-0.05, 0) is 43.0 Å². The summed E-state index contributed by atoms with van der Waals surface area (Å²) in [7, 11) is 1.88. The highest BCUT2D eigenvalue weighted by Crippen LogP contribution is 2.35. The van der Waals surface area contributed by atoms with E-state index in [1.807, 2.05) is 48.4 Å². The molecule has 0 fully saturated rings. The van der Waals surface area contributed by atoms with Crippen LogP contribution in [0.1, 0.15) is 35.8 Å². The Hall–Kier alpha value is -3.37. The second kappa shape index (κ2) is 6.90. The Labute approximate surface area is 172 Å². The molecule has 144 valence electrons. The third kappa shape index (κ3) is 3.12. The molecule has 3 aromatic heterocycles. The molecule has 0 saturated carbocycles. The Morgan fingerprint density at radius 2 is 2.14 bits per heavy atom. The van der Waals surface area contributed by atoms with Gasteiger partial charge < -0.3 is 4.74 Å². The summed E-state index contributed by atoms with van der Waals surface area (Å²) >= 11 is 6.18. The third-order valence-electron chi connectivity index (χ3n) is 5.18. The van der Waals surface area contributed by atoms with Gasteiger partial charge >= 0.3 is 0 Å². The van der Waals surface area contributed by atoms with Gasteiger partial charge in [-0.3, -0.25) is 4.68 Å². The van der Waals surface area contributed by atoms with Crippen molar-refractivity contribution in [1.29, 1.82) is 5.26 Å². The fourth-order valence-corrected chi connectivity index (χ4v) is 3.98. The molecular formula is C21H17ClN6O. The van der Waals surface area contributed by atoms with Crippen LogP contribution in [0.25, 0.3) is 16.6 Å². The zero-order chi connectivity index (χ0) is 20.0. The average Bonchev–Trinajstić information content (AvgIpc) is 3.33. The first-order chi connectivity index (χ1) is 14.1. The second-order valence-corrected chi connectivity index (χ2v) is 7.49. The number of rotatable bonds is 3. The Morgan fingerprint density at radius 1 is 1.24 bits per heavy atom. The molecule has 29 heavy (non-hydrogen) atoms. The molecule has 5 rings (SSSR count). The predicted molar refractivity (Wildman–Crippen MR) is 108 cm³/mol. The molecular weight excluding hydrogens is 388 g/mol. The van der Waals surface area contributed by atoms with E-state index in [0.717, 1.165) is 52.9 Å². The number of ether oxygens (including phenoxy) is 1. The topological polar surface area (TPSA) is 81.5 Å². The Kier molecular flexibility index (Phi) is 4.22. The zero-order valence-electron chi connectivity index (χ0n) is 15.7. The summed E-state index contributed by atoms with van der Waals surface area (Å²) in [6, 6.07) is 9.85. The average molecular weight is 405 g/mol. The summed E-state index contributed by atoms with van der Waals surface area (Å²) in [6.07, 6.45) is 8.01. The van der Waals surface area contributed by atoms with Crippen LogP contribution in [-0.4, -0.2) is 24.5 Å². The summed E-state index contributed by atoms with van der Waals surface area (Å²) in [6.45, 7) is 0. The lowest BCUT2D eigenvalue weighted by Crippen LogP contribution is -2.17. The van der Waals surface area contributed by atoms with Crippen LogP contribution in [0.5, 0.6) is 5.75 Å². The van der Waals surface area contributed by atoms with Gasteiger partial charge in [-0.25, -0.2) is 9.67 Å². The lowest BCUT2D eigenvalue weighted by Gasteiger charge is -2.25. The second-order valence-electron chi connectivity index (χ2n) is 7.13. The Balaban J connectivity index is 1.50. The van der Waals surface area contributed by atoms with Crippen LogP contribution in [0.3, 0.4) is 0 Å². The van der Waals surface area contributed by atoms with Crippen molar-refractivity contribution in [2.45, 2.75) is 25.4 Å². The van der Waals surface area contributed by atoms with Crippen molar-refractivity contribution in [1.82, 2.24) is 24.5 Å². The highest BCUT2D eigenvalue weighted by molar-refractivity contribution is 6.30. The van der Waals surface area contributed by atoms with E-state index >= 15 is 0 Å². The van der Waals surface area contributed by atoms with Crippen LogP contribution in [0, 0.1) is 11.3 Å². The molecule has 1 aliphatic carbocycles. The van der Waals surface area contributed by atoms with Gasteiger partial charge in [0, 0.05) is 18.5 Å². The first-order valence-electron chi connectivity index (χ1n) is 9.35. The number of nitriles is 1. The monoisotopic (exact) mass is 404 g/mol. The van der Waals surface area contributed by atoms with Gasteiger partial charge in [0.15, 0.2) is 0 Å². The standard InChI is InChI=1S/C21H17ClN6O/c1-27-12-16(11-24-27)28-18-8-17(6-5-14(18)10-25-28)29-19-4-2-3-13-7-15(9-23)21(22)26-20(13)19/h5-8,10-12,19H,2-4H2,1H3/t19-/m1/s1. The van der Waals surface area contributed by atoms with Crippen molar-refractivity contribution in [3.05, 3.63) is 64.8 Å². The summed E-state index contributed by atoms with van der Waals surface area (Å²) in [5, 5.41) is 19.2. The van der Waals surface area contributed by atoms with Crippen molar-refractivity contribution >= 4 is 22.5 Å². The molecule has 0 bridgehead atoms. The van der Waals surface area contributed by atoms with E-state index in [1.54, 1.807) is 10.9 Å². The quantitative estimate of drug-likeness (QED) is 0.479. The van der Waals surface area contributed by atoms with Gasteiger partial charge in [-0.2, -0.15) is 15.5 Å². The molecule has 1 aromatic carbocycles. The zero-order valence-corrected chi connectivity index (χ0v) is 16.5. The fraction of sp³-hybridized carbons (Fsp3) is 0.238. The maximum atomic E-state index is 9.20. The van der Waals surface area contributed by atoms with Crippen molar-refractivity contribution < 1.29 is 4.74 Å². The first kappa shape index (κ1) is 17.7. The third-order valence-corrected chi connectivity index (χ3v) is 5.47. The van der Waals surface area contributed by atoms with Crippen LogP contribution in [0.4, 0.5) is 0 Å². The molecule has 0 saturated heterocycles. The molecule has 0 aliphatic heterocycles. The van der Waals surface area contributed by atoms with Gasteiger partial charge in [-0.1, -0.05) is 11.6 Å². The van der Waals surface area contributed by atoms with E-state index in [4.69, 9.17) is 16.3 Å². The van der Waals surface area contributed by atoms with E-state index in [9.17, 15) is 5.26 Å². The molecule has 0 spiro atoms. The number of fused-ring (bicyclic) bond motifs is 2. The van der Waals surface area contributed by atoms with Crippen molar-refractivity contribution in [2.24, 2.45) is 7.05 Å². The smallest absolute Gasteiger partial charge is 0.147 e. The van der Waals surface area contributed by atoms with Crippen molar-refractivity contribution in [3.63, 3.8) is 0 Å². The van der Waals surface area contributed by atoms with E-state index in [1.165, 1.54) is 0 Å². The van der Waals surface area contributed by atoms with E-state index < -0.39 is 0 Å². The largest absolute Gasteiger partial charge is 0.484 e.